The van der Waals surface area contributed by atoms with Crippen LogP contribution >= 0.6 is 24.8 Å². The molecule has 0 spiro atoms. The molecule has 142 valence electrons. The third kappa shape index (κ3) is 6.05. The maximum Gasteiger partial charge on any atom is 0.222 e. The second-order valence-electron chi connectivity index (χ2n) is 6.91. The van der Waals surface area contributed by atoms with E-state index in [9.17, 15) is 4.79 Å². The van der Waals surface area contributed by atoms with Gasteiger partial charge in [0.25, 0.3) is 0 Å². The molecular formula is C19H31Cl2N3O. The van der Waals surface area contributed by atoms with E-state index in [0.29, 0.717) is 12.5 Å². The van der Waals surface area contributed by atoms with Gasteiger partial charge in [0.2, 0.25) is 5.91 Å². The molecule has 4 nitrogen and oxygen atoms in total. The summed E-state index contributed by atoms with van der Waals surface area (Å²) in [5.74, 6) is 0.287. The number of hydrogen-bond acceptors (Lipinski definition) is 3. The molecule has 1 atom stereocenters. The van der Waals surface area contributed by atoms with Gasteiger partial charge in [-0.05, 0) is 63.2 Å². The van der Waals surface area contributed by atoms with Crippen molar-refractivity contribution < 1.29 is 4.79 Å². The van der Waals surface area contributed by atoms with Gasteiger partial charge in [0.1, 0.15) is 0 Å². The summed E-state index contributed by atoms with van der Waals surface area (Å²) in [7, 11) is 0. The number of para-hydroxylation sites is 1. The van der Waals surface area contributed by atoms with Crippen molar-refractivity contribution in [3.63, 3.8) is 0 Å². The second-order valence-corrected chi connectivity index (χ2v) is 6.91. The van der Waals surface area contributed by atoms with Crippen molar-refractivity contribution in [2.45, 2.75) is 51.0 Å². The number of carbonyl (C=O) groups is 1. The number of amides is 1. The fraction of sp³-hybridized carbons (Fsp3) is 0.632. The average Bonchev–Trinajstić information content (AvgIpc) is 2.98. The summed E-state index contributed by atoms with van der Waals surface area (Å²) in [5, 5.41) is 0. The number of rotatable bonds is 4. The molecule has 2 heterocycles. The van der Waals surface area contributed by atoms with E-state index in [1.54, 1.807) is 0 Å². The molecule has 25 heavy (non-hydrogen) atoms. The summed E-state index contributed by atoms with van der Waals surface area (Å²) in [4.78, 5) is 17.3. The first-order valence-corrected chi connectivity index (χ1v) is 9.09. The molecule has 0 saturated carbocycles. The minimum absolute atomic E-state index is 0. The van der Waals surface area contributed by atoms with Crippen LogP contribution in [0.1, 0.15) is 44.1 Å². The van der Waals surface area contributed by atoms with Crippen molar-refractivity contribution in [3.8, 4) is 0 Å². The number of likely N-dealkylation sites (tertiary alicyclic amines) is 2. The summed E-state index contributed by atoms with van der Waals surface area (Å²) in [6, 6.07) is 8.55. The third-order valence-electron chi connectivity index (χ3n) is 5.37. The Morgan fingerprint density at radius 1 is 1.00 bits per heavy atom. The van der Waals surface area contributed by atoms with E-state index in [2.05, 4.69) is 9.80 Å². The van der Waals surface area contributed by atoms with Gasteiger partial charge < -0.3 is 15.5 Å². The van der Waals surface area contributed by atoms with Gasteiger partial charge in [-0.2, -0.15) is 0 Å². The molecule has 1 aromatic rings. The molecule has 1 aromatic carbocycles. The third-order valence-corrected chi connectivity index (χ3v) is 5.37. The molecule has 0 bridgehead atoms. The average molecular weight is 388 g/mol. The van der Waals surface area contributed by atoms with Crippen LogP contribution < -0.4 is 5.73 Å². The molecule has 0 aliphatic carbocycles. The van der Waals surface area contributed by atoms with Gasteiger partial charge in [-0.3, -0.25) is 4.79 Å². The van der Waals surface area contributed by atoms with Gasteiger partial charge in [0.15, 0.2) is 0 Å². The number of carbonyl (C=O) groups excluding carboxylic acids is 1. The lowest BCUT2D eigenvalue weighted by Gasteiger charge is -2.26. The van der Waals surface area contributed by atoms with Crippen LogP contribution in [0.2, 0.25) is 0 Å². The van der Waals surface area contributed by atoms with E-state index in [-0.39, 0.29) is 30.7 Å². The Kier molecular flexibility index (Phi) is 9.62. The van der Waals surface area contributed by atoms with E-state index >= 15 is 0 Å². The minimum atomic E-state index is 0. The van der Waals surface area contributed by atoms with Crippen LogP contribution in [0.25, 0.3) is 0 Å². The number of hydrogen-bond donors (Lipinski definition) is 1. The van der Waals surface area contributed by atoms with Crippen molar-refractivity contribution >= 4 is 36.4 Å². The molecule has 2 fully saturated rings. The predicted molar refractivity (Wildman–Crippen MR) is 109 cm³/mol. The van der Waals surface area contributed by atoms with Crippen LogP contribution in [0, 0.1) is 0 Å². The summed E-state index contributed by atoms with van der Waals surface area (Å²) >= 11 is 0. The van der Waals surface area contributed by atoms with Crippen molar-refractivity contribution in [1.82, 2.24) is 9.80 Å². The molecular weight excluding hydrogens is 357 g/mol. The van der Waals surface area contributed by atoms with Crippen LogP contribution in [0.5, 0.6) is 0 Å². The minimum Gasteiger partial charge on any atom is -0.399 e. The van der Waals surface area contributed by atoms with Crippen molar-refractivity contribution in [2.24, 2.45) is 0 Å². The number of benzene rings is 1. The molecule has 2 aliphatic heterocycles. The summed E-state index contributed by atoms with van der Waals surface area (Å²) in [6.07, 6.45) is 7.53. The molecule has 2 aliphatic rings. The lowest BCUT2D eigenvalue weighted by molar-refractivity contribution is -0.131. The number of nitrogen functional groups attached to an aromatic ring is 1. The first-order valence-electron chi connectivity index (χ1n) is 9.09. The second kappa shape index (κ2) is 10.9. The van der Waals surface area contributed by atoms with Crippen LogP contribution in [-0.2, 0) is 11.2 Å². The molecule has 3 rings (SSSR count). The fourth-order valence-corrected chi connectivity index (χ4v) is 3.96. The molecule has 1 unspecified atom stereocenters. The Bertz CT molecular complexity index is 535. The van der Waals surface area contributed by atoms with E-state index in [1.165, 1.54) is 32.4 Å². The molecule has 0 aromatic heterocycles. The first kappa shape index (κ1) is 22.1. The highest BCUT2D eigenvalue weighted by atomic mass is 35.5. The molecule has 0 radical (unpaired) electrons. The summed E-state index contributed by atoms with van der Waals surface area (Å²) in [6.45, 7) is 4.36. The van der Waals surface area contributed by atoms with Gasteiger partial charge in [-0.25, -0.2) is 0 Å². The topological polar surface area (TPSA) is 49.6 Å². The van der Waals surface area contributed by atoms with Crippen molar-refractivity contribution in [1.29, 1.82) is 0 Å². The Labute approximate surface area is 163 Å². The number of nitrogens with zero attached hydrogens (tertiary/aromatic N) is 2. The highest BCUT2D eigenvalue weighted by Gasteiger charge is 2.26. The zero-order chi connectivity index (χ0) is 16.1. The largest absolute Gasteiger partial charge is 0.399 e. The van der Waals surface area contributed by atoms with Gasteiger partial charge in [0.05, 0.1) is 0 Å². The smallest absolute Gasteiger partial charge is 0.222 e. The van der Waals surface area contributed by atoms with Crippen LogP contribution in [-0.4, -0.2) is 47.9 Å². The molecule has 2 N–H and O–H groups in total. The standard InChI is InChI=1S/C19H29N3O.2ClH/c20-18-8-2-1-6-16(18)9-10-19(23)22-14-5-7-17(11-15-22)21-12-3-4-13-21;;/h1-2,6,8,17H,3-5,7,9-15,20H2;2*1H. The summed E-state index contributed by atoms with van der Waals surface area (Å²) < 4.78 is 0. The summed E-state index contributed by atoms with van der Waals surface area (Å²) in [5.41, 5.74) is 7.85. The molecule has 6 heteroatoms. The number of nitrogens with two attached hydrogens (primary N) is 1. The monoisotopic (exact) mass is 387 g/mol. The Morgan fingerprint density at radius 2 is 1.72 bits per heavy atom. The van der Waals surface area contributed by atoms with E-state index in [0.717, 1.165) is 43.6 Å². The normalized spacial score (nSPS) is 21.1. The van der Waals surface area contributed by atoms with Gasteiger partial charge >= 0.3 is 0 Å². The first-order chi connectivity index (χ1) is 11.2. The lowest BCUT2D eigenvalue weighted by Crippen LogP contribution is -2.35. The van der Waals surface area contributed by atoms with E-state index < -0.39 is 0 Å². The maximum atomic E-state index is 12.5. The van der Waals surface area contributed by atoms with Gasteiger partial charge in [-0.15, -0.1) is 24.8 Å². The maximum absolute atomic E-state index is 12.5. The van der Waals surface area contributed by atoms with E-state index in [1.807, 2.05) is 24.3 Å². The number of aryl methyl sites for hydroxylation is 1. The van der Waals surface area contributed by atoms with E-state index in [4.69, 9.17) is 5.73 Å². The lowest BCUT2D eigenvalue weighted by atomic mass is 10.1. The molecule has 1 amide bonds. The fourth-order valence-electron chi connectivity index (χ4n) is 3.96. The Hall–Kier alpha value is -0.970. The Morgan fingerprint density at radius 3 is 2.44 bits per heavy atom. The highest BCUT2D eigenvalue weighted by molar-refractivity contribution is 5.85. The van der Waals surface area contributed by atoms with Crippen molar-refractivity contribution in [2.75, 3.05) is 31.9 Å². The predicted octanol–water partition coefficient (Wildman–Crippen LogP) is 3.52. The zero-order valence-electron chi connectivity index (χ0n) is 14.9. The van der Waals surface area contributed by atoms with Crippen LogP contribution in [0.4, 0.5) is 5.69 Å². The van der Waals surface area contributed by atoms with Crippen LogP contribution in [0.3, 0.4) is 0 Å². The Balaban J connectivity index is 0.00000156. The van der Waals surface area contributed by atoms with Gasteiger partial charge in [0, 0.05) is 31.2 Å². The zero-order valence-corrected chi connectivity index (χ0v) is 16.5. The van der Waals surface area contributed by atoms with Crippen LogP contribution in [0.15, 0.2) is 24.3 Å². The number of halogens is 2. The molecule has 2 saturated heterocycles. The van der Waals surface area contributed by atoms with Gasteiger partial charge in [-0.1, -0.05) is 18.2 Å². The van der Waals surface area contributed by atoms with Crippen molar-refractivity contribution in [3.05, 3.63) is 29.8 Å². The quantitative estimate of drug-likeness (QED) is 0.803. The highest BCUT2D eigenvalue weighted by Crippen LogP contribution is 2.22. The SMILES string of the molecule is Cl.Cl.Nc1ccccc1CCC(=O)N1CCCC(N2CCCC2)CC1. The number of anilines is 1.